The third kappa shape index (κ3) is 8.22. The van der Waals surface area contributed by atoms with Gasteiger partial charge >= 0.3 is 5.97 Å². The number of aromatic amines is 1. The van der Waals surface area contributed by atoms with Gasteiger partial charge in [0.05, 0.1) is 12.5 Å². The Hall–Kier alpha value is -3.58. The Morgan fingerprint density at radius 3 is 2.27 bits per heavy atom. The molecule has 2 rings (SSSR count). The number of aromatic nitrogens is 1. The number of hydrogen-bond donors (Lipinski definition) is 8. The normalized spacial score (nSPS) is 15.1. The quantitative estimate of drug-likeness (QED) is 0.148. The van der Waals surface area contributed by atoms with Crippen LogP contribution in [0.15, 0.2) is 30.5 Å². The molecule has 0 bridgehead atoms. The Balaban J connectivity index is 2.31. The van der Waals surface area contributed by atoms with Crippen molar-refractivity contribution >= 4 is 53.1 Å². The van der Waals surface area contributed by atoms with Crippen LogP contribution in [0.5, 0.6) is 0 Å². The summed E-state index contributed by atoms with van der Waals surface area (Å²) in [5.41, 5.74) is 12.5. The van der Waals surface area contributed by atoms with Crippen LogP contribution in [-0.4, -0.2) is 69.6 Å². The van der Waals surface area contributed by atoms with Crippen LogP contribution >= 0.6 is 12.6 Å². The summed E-state index contributed by atoms with van der Waals surface area (Å²) in [4.78, 5) is 64.8. The van der Waals surface area contributed by atoms with Crippen molar-refractivity contribution < 1.29 is 29.1 Å². The second-order valence-electron chi connectivity index (χ2n) is 8.86. The summed E-state index contributed by atoms with van der Waals surface area (Å²) < 4.78 is 0. The molecule has 5 unspecified atom stereocenters. The Kier molecular flexibility index (Phi) is 10.9. The molecule has 5 atom stereocenters. The van der Waals surface area contributed by atoms with E-state index >= 15 is 0 Å². The largest absolute Gasteiger partial charge is 0.480 e. The lowest BCUT2D eigenvalue weighted by Gasteiger charge is -2.28. The van der Waals surface area contributed by atoms with Crippen LogP contribution in [0.2, 0.25) is 0 Å². The van der Waals surface area contributed by atoms with Crippen molar-refractivity contribution in [2.45, 2.75) is 57.3 Å². The highest BCUT2D eigenvalue weighted by molar-refractivity contribution is 7.80. The molecule has 1 heterocycles. The molecule has 0 saturated heterocycles. The Labute approximate surface area is 219 Å². The maximum Gasteiger partial charge on any atom is 0.326 e. The van der Waals surface area contributed by atoms with E-state index in [-0.39, 0.29) is 12.2 Å². The lowest BCUT2D eigenvalue weighted by atomic mass is 9.96. The molecule has 0 spiro atoms. The van der Waals surface area contributed by atoms with Crippen LogP contribution in [-0.2, 0) is 30.4 Å². The van der Waals surface area contributed by atoms with Crippen LogP contribution < -0.4 is 27.4 Å². The third-order valence-corrected chi connectivity index (χ3v) is 6.47. The van der Waals surface area contributed by atoms with Crippen LogP contribution in [0.3, 0.4) is 0 Å². The van der Waals surface area contributed by atoms with Gasteiger partial charge in [-0.25, -0.2) is 4.79 Å². The molecular formula is C24H34N6O6S. The Morgan fingerprint density at radius 2 is 1.68 bits per heavy atom. The summed E-state index contributed by atoms with van der Waals surface area (Å²) in [6.45, 7) is 3.50. The van der Waals surface area contributed by atoms with E-state index in [4.69, 9.17) is 11.5 Å². The number of aliphatic carboxylic acids is 1. The SMILES string of the molecule is CCC(C)C(NC(=O)C(Cc1c[nH]c2ccccc12)NC(=O)C(N)CS)C(=O)NC(CC(N)=O)C(=O)O. The molecular weight excluding hydrogens is 500 g/mol. The number of para-hydroxylation sites is 1. The van der Waals surface area contributed by atoms with Crippen molar-refractivity contribution in [3.05, 3.63) is 36.0 Å². The molecule has 1 aromatic heterocycles. The number of carboxylic acid groups (broad SMARTS) is 1. The van der Waals surface area contributed by atoms with Crippen molar-refractivity contribution in [3.63, 3.8) is 0 Å². The number of carbonyl (C=O) groups excluding carboxylic acids is 4. The zero-order valence-corrected chi connectivity index (χ0v) is 21.6. The summed E-state index contributed by atoms with van der Waals surface area (Å²) in [6.07, 6.45) is 1.68. The maximum absolute atomic E-state index is 13.4. The molecule has 0 radical (unpaired) electrons. The predicted molar refractivity (Wildman–Crippen MR) is 141 cm³/mol. The third-order valence-electron chi connectivity index (χ3n) is 6.08. The molecule has 1 aromatic carbocycles. The lowest BCUT2D eigenvalue weighted by molar-refractivity contribution is -0.144. The first-order valence-electron chi connectivity index (χ1n) is 11.8. The van der Waals surface area contributed by atoms with E-state index in [0.29, 0.717) is 6.42 Å². The first-order chi connectivity index (χ1) is 17.5. The number of hydrogen-bond acceptors (Lipinski definition) is 7. The van der Waals surface area contributed by atoms with E-state index in [1.54, 1.807) is 20.0 Å². The lowest BCUT2D eigenvalue weighted by Crippen LogP contribution is -2.59. The zero-order chi connectivity index (χ0) is 27.7. The van der Waals surface area contributed by atoms with Crippen LogP contribution in [0, 0.1) is 5.92 Å². The van der Waals surface area contributed by atoms with Crippen LogP contribution in [0.25, 0.3) is 10.9 Å². The fraction of sp³-hybridized carbons (Fsp3) is 0.458. The second kappa shape index (κ2) is 13.7. The number of thiol groups is 1. The molecule has 202 valence electrons. The monoisotopic (exact) mass is 534 g/mol. The van der Waals surface area contributed by atoms with Crippen molar-refractivity contribution in [2.75, 3.05) is 5.75 Å². The maximum atomic E-state index is 13.4. The minimum atomic E-state index is -1.55. The number of nitrogens with two attached hydrogens (primary N) is 2. The van der Waals surface area contributed by atoms with E-state index in [2.05, 4.69) is 33.6 Å². The first kappa shape index (κ1) is 29.6. The predicted octanol–water partition coefficient (Wildman–Crippen LogP) is -0.572. The first-order valence-corrected chi connectivity index (χ1v) is 12.4. The van der Waals surface area contributed by atoms with Crippen LogP contribution in [0.4, 0.5) is 0 Å². The highest BCUT2D eigenvalue weighted by atomic mass is 32.1. The van der Waals surface area contributed by atoms with E-state index in [0.717, 1.165) is 16.5 Å². The minimum absolute atomic E-state index is 0.0571. The number of H-pyrrole nitrogens is 1. The van der Waals surface area contributed by atoms with Gasteiger partial charge in [-0.05, 0) is 17.5 Å². The van der Waals surface area contributed by atoms with E-state index in [9.17, 15) is 29.1 Å². The fourth-order valence-corrected chi connectivity index (χ4v) is 3.88. The number of benzene rings is 1. The molecule has 2 aromatic rings. The number of amides is 4. The van der Waals surface area contributed by atoms with Gasteiger partial charge in [0.2, 0.25) is 23.6 Å². The summed E-state index contributed by atoms with van der Waals surface area (Å²) >= 11 is 4.04. The number of primary amides is 1. The van der Waals surface area contributed by atoms with Crippen molar-refractivity contribution in [2.24, 2.45) is 17.4 Å². The van der Waals surface area contributed by atoms with Crippen molar-refractivity contribution in [3.8, 4) is 0 Å². The van der Waals surface area contributed by atoms with Gasteiger partial charge in [0.25, 0.3) is 0 Å². The second-order valence-corrected chi connectivity index (χ2v) is 9.22. The summed E-state index contributed by atoms with van der Waals surface area (Å²) in [5.74, 6) is -4.73. The number of carbonyl (C=O) groups is 5. The molecule has 13 heteroatoms. The topological polar surface area (TPSA) is 210 Å². The number of nitrogens with one attached hydrogen (secondary N) is 4. The van der Waals surface area contributed by atoms with Gasteiger partial charge in [0.15, 0.2) is 0 Å². The van der Waals surface area contributed by atoms with E-state index in [1.807, 2.05) is 24.3 Å². The van der Waals surface area contributed by atoms with Gasteiger partial charge in [0, 0.05) is 29.3 Å². The molecule has 0 aliphatic carbocycles. The fourth-order valence-electron chi connectivity index (χ4n) is 3.71. The zero-order valence-electron chi connectivity index (χ0n) is 20.7. The standard InChI is InChI=1S/C24H34N6O6S/c1-3-12(2)20(23(34)29-18(24(35)36)9-19(26)31)30-22(33)17(28-21(32)15(25)11-37)8-13-10-27-16-7-5-4-6-14(13)16/h4-7,10,12,15,17-18,20,27,37H,3,8-9,11,25H2,1-2H3,(H2,26,31)(H,28,32)(H,29,34)(H,30,33)(H,35,36). The number of carboxylic acids is 1. The number of fused-ring (bicyclic) bond motifs is 1. The van der Waals surface area contributed by atoms with Crippen LogP contribution in [0.1, 0.15) is 32.3 Å². The Morgan fingerprint density at radius 1 is 1.03 bits per heavy atom. The molecule has 12 nitrogen and oxygen atoms in total. The van der Waals surface area contributed by atoms with Gasteiger partial charge in [-0.2, -0.15) is 12.6 Å². The highest BCUT2D eigenvalue weighted by Gasteiger charge is 2.33. The highest BCUT2D eigenvalue weighted by Crippen LogP contribution is 2.19. The summed E-state index contributed by atoms with van der Waals surface area (Å²) in [5, 5.41) is 17.7. The molecule has 4 amide bonds. The van der Waals surface area contributed by atoms with Crippen molar-refractivity contribution in [1.82, 2.24) is 20.9 Å². The van der Waals surface area contributed by atoms with Gasteiger partial charge in [-0.15, -0.1) is 0 Å². The van der Waals surface area contributed by atoms with Gasteiger partial charge in [0.1, 0.15) is 18.1 Å². The van der Waals surface area contributed by atoms with E-state index < -0.39 is 66.1 Å². The van der Waals surface area contributed by atoms with Gasteiger partial charge < -0.3 is 37.5 Å². The molecule has 9 N–H and O–H groups in total. The average molecular weight is 535 g/mol. The molecule has 0 aliphatic heterocycles. The molecule has 37 heavy (non-hydrogen) atoms. The average Bonchev–Trinajstić information content (AvgIpc) is 3.27. The smallest absolute Gasteiger partial charge is 0.326 e. The number of rotatable bonds is 14. The van der Waals surface area contributed by atoms with E-state index in [1.165, 1.54) is 0 Å². The molecule has 0 saturated carbocycles. The van der Waals surface area contributed by atoms with Gasteiger partial charge in [-0.3, -0.25) is 19.2 Å². The summed E-state index contributed by atoms with van der Waals surface area (Å²) in [7, 11) is 0. The minimum Gasteiger partial charge on any atom is -0.480 e. The Bertz CT molecular complexity index is 1140. The molecule has 0 aliphatic rings. The van der Waals surface area contributed by atoms with Crippen molar-refractivity contribution in [1.29, 1.82) is 0 Å². The summed E-state index contributed by atoms with van der Waals surface area (Å²) in [6, 6.07) is 2.70. The van der Waals surface area contributed by atoms with Gasteiger partial charge in [-0.1, -0.05) is 38.5 Å². The molecule has 0 fully saturated rings.